The van der Waals surface area contributed by atoms with Crippen molar-refractivity contribution in [2.45, 2.75) is 12.8 Å². The topological polar surface area (TPSA) is 35.5 Å². The van der Waals surface area contributed by atoms with Gasteiger partial charge in [-0.05, 0) is 30.7 Å². The fourth-order valence-corrected chi connectivity index (χ4v) is 1.49. The van der Waals surface area contributed by atoms with E-state index in [9.17, 15) is 4.79 Å². The van der Waals surface area contributed by atoms with Crippen LogP contribution in [0.2, 0.25) is 0 Å². The smallest absolute Gasteiger partial charge is 0.158 e. The van der Waals surface area contributed by atoms with E-state index in [1.165, 1.54) is 7.11 Å². The fourth-order valence-electron chi connectivity index (χ4n) is 1.22. The maximum Gasteiger partial charge on any atom is 0.158 e. The van der Waals surface area contributed by atoms with Crippen LogP contribution in [-0.4, -0.2) is 26.1 Å². The summed E-state index contributed by atoms with van der Waals surface area (Å²) in [5.41, 5.74) is 0. The molecule has 0 saturated carbocycles. The monoisotopic (exact) mass is 286 g/mol. The van der Waals surface area contributed by atoms with Gasteiger partial charge in [0.2, 0.25) is 0 Å². The summed E-state index contributed by atoms with van der Waals surface area (Å²) in [7, 11) is 1.52. The third-order valence-electron chi connectivity index (χ3n) is 1.99. The number of benzene rings is 1. The second-order valence-electron chi connectivity index (χ2n) is 3.38. The molecule has 0 atom stereocenters. The Hall–Kier alpha value is -0.870. The van der Waals surface area contributed by atoms with Gasteiger partial charge in [-0.1, -0.05) is 15.9 Å². The van der Waals surface area contributed by atoms with Crippen LogP contribution < -0.4 is 4.74 Å². The summed E-state index contributed by atoms with van der Waals surface area (Å²) in [5, 5.41) is 0. The maximum absolute atomic E-state index is 11.1. The normalized spacial score (nSPS) is 10.1. The molecule has 0 aromatic heterocycles. The van der Waals surface area contributed by atoms with Crippen LogP contribution in [0.15, 0.2) is 28.7 Å². The highest BCUT2D eigenvalue weighted by atomic mass is 79.9. The number of Topliss-reactive ketones (excluding diaryl/α,β-unsaturated/α-hetero) is 1. The molecular weight excluding hydrogens is 272 g/mol. The number of ether oxygens (including phenoxy) is 2. The number of hydrogen-bond acceptors (Lipinski definition) is 3. The van der Waals surface area contributed by atoms with Gasteiger partial charge >= 0.3 is 0 Å². The molecule has 0 N–H and O–H groups in total. The molecular formula is C12H15BrO3. The van der Waals surface area contributed by atoms with Gasteiger partial charge in [0.1, 0.15) is 12.4 Å². The van der Waals surface area contributed by atoms with E-state index >= 15 is 0 Å². The molecule has 1 rings (SSSR count). The molecule has 0 bridgehead atoms. The Labute approximate surface area is 104 Å². The van der Waals surface area contributed by atoms with Crippen molar-refractivity contribution in [2.75, 3.05) is 20.3 Å². The summed E-state index contributed by atoms with van der Waals surface area (Å²) in [4.78, 5) is 11.1. The van der Waals surface area contributed by atoms with Crippen LogP contribution in [0, 0.1) is 0 Å². The van der Waals surface area contributed by atoms with Crippen molar-refractivity contribution < 1.29 is 14.3 Å². The van der Waals surface area contributed by atoms with Gasteiger partial charge in [-0.2, -0.15) is 0 Å². The van der Waals surface area contributed by atoms with E-state index in [1.807, 2.05) is 24.3 Å². The maximum atomic E-state index is 11.1. The van der Waals surface area contributed by atoms with Crippen LogP contribution in [0.4, 0.5) is 0 Å². The summed E-state index contributed by atoms with van der Waals surface area (Å²) < 4.78 is 11.2. The Kier molecular flexibility index (Phi) is 6.11. The lowest BCUT2D eigenvalue weighted by Gasteiger charge is -2.05. The Balaban J connectivity index is 2.16. The third-order valence-corrected chi connectivity index (χ3v) is 2.52. The van der Waals surface area contributed by atoms with Gasteiger partial charge in [0.25, 0.3) is 0 Å². The zero-order chi connectivity index (χ0) is 11.8. The molecule has 4 heteroatoms. The van der Waals surface area contributed by atoms with Crippen LogP contribution in [-0.2, 0) is 9.53 Å². The van der Waals surface area contributed by atoms with Crippen molar-refractivity contribution in [3.63, 3.8) is 0 Å². The number of rotatable bonds is 7. The molecule has 0 spiro atoms. The molecule has 0 unspecified atom stereocenters. The predicted molar refractivity (Wildman–Crippen MR) is 65.8 cm³/mol. The summed E-state index contributed by atoms with van der Waals surface area (Å²) in [6.45, 7) is 0.745. The number of halogens is 1. The molecule has 0 amide bonds. The number of methoxy groups -OCH3 is 1. The van der Waals surface area contributed by atoms with Crippen molar-refractivity contribution in [2.24, 2.45) is 0 Å². The minimum atomic E-state index is 0.113. The highest BCUT2D eigenvalue weighted by Crippen LogP contribution is 2.16. The summed E-state index contributed by atoms with van der Waals surface area (Å²) in [6.07, 6.45) is 1.22. The van der Waals surface area contributed by atoms with Crippen molar-refractivity contribution >= 4 is 21.7 Å². The van der Waals surface area contributed by atoms with Crippen molar-refractivity contribution in [1.29, 1.82) is 0 Å². The first-order valence-corrected chi connectivity index (χ1v) is 5.90. The van der Waals surface area contributed by atoms with Gasteiger partial charge in [0.05, 0.1) is 6.61 Å². The molecule has 16 heavy (non-hydrogen) atoms. The average molecular weight is 287 g/mol. The van der Waals surface area contributed by atoms with Crippen molar-refractivity contribution in [3.05, 3.63) is 28.7 Å². The van der Waals surface area contributed by atoms with Crippen LogP contribution in [0.25, 0.3) is 0 Å². The van der Waals surface area contributed by atoms with E-state index in [1.54, 1.807) is 0 Å². The third kappa shape index (κ3) is 5.28. The standard InChI is InChI=1S/C12H15BrO3/c1-15-9-11(14)3-2-8-16-12-6-4-10(13)5-7-12/h4-7H,2-3,8-9H2,1H3. The minimum Gasteiger partial charge on any atom is -0.494 e. The molecule has 0 aliphatic rings. The van der Waals surface area contributed by atoms with Crippen LogP contribution in [0.1, 0.15) is 12.8 Å². The zero-order valence-electron chi connectivity index (χ0n) is 9.24. The van der Waals surface area contributed by atoms with E-state index in [0.29, 0.717) is 13.0 Å². The zero-order valence-corrected chi connectivity index (χ0v) is 10.8. The summed E-state index contributed by atoms with van der Waals surface area (Å²) >= 11 is 3.35. The van der Waals surface area contributed by atoms with Crippen molar-refractivity contribution in [3.8, 4) is 5.75 Å². The number of carbonyl (C=O) groups is 1. The first-order chi connectivity index (χ1) is 7.72. The Morgan fingerprint density at radius 2 is 2.00 bits per heavy atom. The lowest BCUT2D eigenvalue weighted by molar-refractivity contribution is -0.122. The molecule has 0 saturated heterocycles. The Morgan fingerprint density at radius 1 is 1.31 bits per heavy atom. The highest BCUT2D eigenvalue weighted by Gasteiger charge is 2.00. The number of ketones is 1. The van der Waals surface area contributed by atoms with Gasteiger partial charge < -0.3 is 9.47 Å². The van der Waals surface area contributed by atoms with Crippen LogP contribution in [0.3, 0.4) is 0 Å². The molecule has 0 heterocycles. The molecule has 0 radical (unpaired) electrons. The summed E-state index contributed by atoms with van der Waals surface area (Å²) in [5.74, 6) is 0.935. The molecule has 0 aliphatic carbocycles. The second-order valence-corrected chi connectivity index (χ2v) is 4.29. The van der Waals surface area contributed by atoms with Crippen LogP contribution in [0.5, 0.6) is 5.75 Å². The van der Waals surface area contributed by atoms with Gasteiger partial charge in [-0.25, -0.2) is 0 Å². The lowest BCUT2D eigenvalue weighted by atomic mass is 10.2. The average Bonchev–Trinajstić information content (AvgIpc) is 2.27. The van der Waals surface area contributed by atoms with Crippen molar-refractivity contribution in [1.82, 2.24) is 0 Å². The van der Waals surface area contributed by atoms with Crippen LogP contribution >= 0.6 is 15.9 Å². The lowest BCUT2D eigenvalue weighted by Crippen LogP contribution is -2.08. The summed E-state index contributed by atoms with van der Waals surface area (Å²) in [6, 6.07) is 7.62. The van der Waals surface area contributed by atoms with Gasteiger partial charge in [0, 0.05) is 18.0 Å². The molecule has 0 fully saturated rings. The van der Waals surface area contributed by atoms with E-state index in [2.05, 4.69) is 15.9 Å². The Morgan fingerprint density at radius 3 is 2.62 bits per heavy atom. The predicted octanol–water partition coefficient (Wildman–Crippen LogP) is 2.82. The van der Waals surface area contributed by atoms with Gasteiger partial charge in [-0.15, -0.1) is 0 Å². The van der Waals surface area contributed by atoms with E-state index < -0.39 is 0 Å². The number of hydrogen-bond donors (Lipinski definition) is 0. The molecule has 0 aliphatic heterocycles. The SMILES string of the molecule is COCC(=O)CCCOc1ccc(Br)cc1. The van der Waals surface area contributed by atoms with E-state index in [4.69, 9.17) is 9.47 Å². The Bertz CT molecular complexity index is 322. The second kappa shape index (κ2) is 7.41. The highest BCUT2D eigenvalue weighted by molar-refractivity contribution is 9.10. The molecule has 3 nitrogen and oxygen atoms in total. The molecule has 1 aromatic carbocycles. The largest absolute Gasteiger partial charge is 0.494 e. The quantitative estimate of drug-likeness (QED) is 0.723. The minimum absolute atomic E-state index is 0.113. The first-order valence-electron chi connectivity index (χ1n) is 5.11. The molecule has 1 aromatic rings. The molecule has 88 valence electrons. The van der Waals surface area contributed by atoms with E-state index in [0.717, 1.165) is 16.6 Å². The first kappa shape index (κ1) is 13.2. The van der Waals surface area contributed by atoms with E-state index in [-0.39, 0.29) is 12.4 Å². The number of carbonyl (C=O) groups excluding carboxylic acids is 1. The fraction of sp³-hybridized carbons (Fsp3) is 0.417. The van der Waals surface area contributed by atoms with Gasteiger partial charge in [-0.3, -0.25) is 4.79 Å². The van der Waals surface area contributed by atoms with Gasteiger partial charge in [0.15, 0.2) is 5.78 Å².